The number of fused-ring (bicyclic) bond motifs is 1. The second-order valence-corrected chi connectivity index (χ2v) is 3.80. The number of hydrogen-bond acceptors (Lipinski definition) is 2. The van der Waals surface area contributed by atoms with E-state index in [0.29, 0.717) is 12.2 Å². The minimum atomic E-state index is -0.606. The normalized spacial score (nSPS) is 14.5. The molecule has 0 aliphatic carbocycles. The van der Waals surface area contributed by atoms with Gasteiger partial charge in [-0.25, -0.2) is 4.39 Å². The molecule has 16 heavy (non-hydrogen) atoms. The molecule has 1 heterocycles. The highest BCUT2D eigenvalue weighted by molar-refractivity contribution is 6.52. The van der Waals surface area contributed by atoms with Crippen molar-refractivity contribution in [2.45, 2.75) is 19.8 Å². The average Bonchev–Trinajstić information content (AvgIpc) is 2.50. The summed E-state index contributed by atoms with van der Waals surface area (Å²) in [6.45, 7) is 2.52. The monoisotopic (exact) mass is 221 g/mol. The van der Waals surface area contributed by atoms with Gasteiger partial charge < -0.3 is 4.90 Å². The number of ketones is 1. The molecule has 1 aliphatic rings. The molecule has 0 spiro atoms. The predicted octanol–water partition coefficient (Wildman–Crippen LogP) is 2.16. The molecule has 0 saturated carbocycles. The smallest absolute Gasteiger partial charge is 0.299 e. The van der Waals surface area contributed by atoms with Crippen molar-refractivity contribution in [2.75, 3.05) is 11.4 Å². The van der Waals surface area contributed by atoms with Crippen LogP contribution in [0.1, 0.15) is 30.1 Å². The van der Waals surface area contributed by atoms with E-state index < -0.39 is 17.5 Å². The Labute approximate surface area is 92.9 Å². The summed E-state index contributed by atoms with van der Waals surface area (Å²) >= 11 is 0. The molecule has 2 rings (SSSR count). The van der Waals surface area contributed by atoms with Crippen LogP contribution in [-0.2, 0) is 4.79 Å². The Morgan fingerprint density at radius 2 is 2.06 bits per heavy atom. The molecule has 0 fully saturated rings. The fourth-order valence-corrected chi connectivity index (χ4v) is 1.81. The lowest BCUT2D eigenvalue weighted by Gasteiger charge is -2.15. The Morgan fingerprint density at radius 3 is 2.75 bits per heavy atom. The van der Waals surface area contributed by atoms with Gasteiger partial charge in [-0.3, -0.25) is 9.59 Å². The molecule has 84 valence electrons. The Kier molecular flexibility index (Phi) is 2.73. The molecule has 1 aliphatic heterocycles. The number of carbonyl (C=O) groups is 2. The van der Waals surface area contributed by atoms with E-state index in [0.717, 1.165) is 18.9 Å². The molecular weight excluding hydrogens is 209 g/mol. The van der Waals surface area contributed by atoms with Gasteiger partial charge in [-0.2, -0.15) is 0 Å². The first-order chi connectivity index (χ1) is 7.65. The molecule has 1 aromatic rings. The predicted molar refractivity (Wildman–Crippen MR) is 58.0 cm³/mol. The SMILES string of the molecule is CCCCN1C(=O)C(=O)c2cc(F)ccc21. The number of anilines is 1. The van der Waals surface area contributed by atoms with Gasteiger partial charge in [-0.05, 0) is 24.6 Å². The molecular formula is C12H12FNO2. The zero-order chi connectivity index (χ0) is 11.7. The van der Waals surface area contributed by atoms with Gasteiger partial charge in [0.1, 0.15) is 5.82 Å². The highest BCUT2D eigenvalue weighted by Gasteiger charge is 2.35. The van der Waals surface area contributed by atoms with Crippen LogP contribution in [0.3, 0.4) is 0 Å². The second kappa shape index (κ2) is 4.04. The molecule has 0 unspecified atom stereocenters. The minimum absolute atomic E-state index is 0.182. The van der Waals surface area contributed by atoms with Gasteiger partial charge in [0, 0.05) is 6.54 Å². The molecule has 0 radical (unpaired) electrons. The molecule has 1 aromatic carbocycles. The van der Waals surface area contributed by atoms with Gasteiger partial charge in [0.15, 0.2) is 0 Å². The van der Waals surface area contributed by atoms with Crippen LogP contribution in [0.15, 0.2) is 18.2 Å². The van der Waals surface area contributed by atoms with Gasteiger partial charge in [0.2, 0.25) is 0 Å². The van der Waals surface area contributed by atoms with E-state index in [1.165, 1.54) is 17.0 Å². The Balaban J connectivity index is 2.38. The van der Waals surface area contributed by atoms with Gasteiger partial charge in [0.05, 0.1) is 11.3 Å². The van der Waals surface area contributed by atoms with E-state index in [9.17, 15) is 14.0 Å². The van der Waals surface area contributed by atoms with Crippen LogP contribution in [0.2, 0.25) is 0 Å². The van der Waals surface area contributed by atoms with E-state index in [1.807, 2.05) is 6.92 Å². The van der Waals surface area contributed by atoms with Crippen LogP contribution in [0.5, 0.6) is 0 Å². The number of benzene rings is 1. The van der Waals surface area contributed by atoms with Crippen molar-refractivity contribution in [3.63, 3.8) is 0 Å². The Bertz CT molecular complexity index is 456. The van der Waals surface area contributed by atoms with Gasteiger partial charge in [-0.1, -0.05) is 13.3 Å². The van der Waals surface area contributed by atoms with Crippen molar-refractivity contribution >= 4 is 17.4 Å². The zero-order valence-corrected chi connectivity index (χ0v) is 9.00. The Morgan fingerprint density at radius 1 is 1.31 bits per heavy atom. The maximum Gasteiger partial charge on any atom is 0.299 e. The lowest BCUT2D eigenvalue weighted by molar-refractivity contribution is -0.114. The van der Waals surface area contributed by atoms with E-state index >= 15 is 0 Å². The van der Waals surface area contributed by atoms with E-state index in [-0.39, 0.29) is 5.56 Å². The average molecular weight is 221 g/mol. The Hall–Kier alpha value is -1.71. The van der Waals surface area contributed by atoms with Crippen LogP contribution in [0.25, 0.3) is 0 Å². The molecule has 3 nitrogen and oxygen atoms in total. The van der Waals surface area contributed by atoms with Crippen LogP contribution >= 0.6 is 0 Å². The summed E-state index contributed by atoms with van der Waals surface area (Å²) in [4.78, 5) is 24.6. The molecule has 0 aromatic heterocycles. The van der Waals surface area contributed by atoms with E-state index in [4.69, 9.17) is 0 Å². The lowest BCUT2D eigenvalue weighted by Crippen LogP contribution is -2.30. The quantitative estimate of drug-likeness (QED) is 0.733. The number of nitrogens with zero attached hydrogens (tertiary/aromatic N) is 1. The van der Waals surface area contributed by atoms with E-state index in [1.54, 1.807) is 0 Å². The summed E-state index contributed by atoms with van der Waals surface area (Å²) < 4.78 is 13.0. The third-order valence-corrected chi connectivity index (χ3v) is 2.67. The number of carbonyl (C=O) groups excluding carboxylic acids is 2. The standard InChI is InChI=1S/C12H12FNO2/c1-2-3-6-14-10-5-4-8(13)7-9(10)11(15)12(14)16/h4-5,7H,2-3,6H2,1H3. The van der Waals surface area contributed by atoms with Gasteiger partial charge in [0.25, 0.3) is 11.7 Å². The number of halogens is 1. The number of Topliss-reactive ketones (excluding diaryl/α,β-unsaturated/α-hetero) is 1. The van der Waals surface area contributed by atoms with Crippen molar-refractivity contribution in [2.24, 2.45) is 0 Å². The topological polar surface area (TPSA) is 37.4 Å². The van der Waals surface area contributed by atoms with Crippen molar-refractivity contribution in [3.05, 3.63) is 29.6 Å². The first-order valence-electron chi connectivity index (χ1n) is 5.31. The summed E-state index contributed by atoms with van der Waals surface area (Å²) in [6.07, 6.45) is 1.77. The highest BCUT2D eigenvalue weighted by atomic mass is 19.1. The number of unbranched alkanes of at least 4 members (excludes halogenated alkanes) is 1. The first kappa shape index (κ1) is 10.8. The number of rotatable bonds is 3. The fourth-order valence-electron chi connectivity index (χ4n) is 1.81. The van der Waals surface area contributed by atoms with Crippen LogP contribution in [0.4, 0.5) is 10.1 Å². The van der Waals surface area contributed by atoms with Crippen molar-refractivity contribution in [1.29, 1.82) is 0 Å². The maximum absolute atomic E-state index is 13.0. The molecule has 0 saturated heterocycles. The van der Waals surface area contributed by atoms with Crippen LogP contribution in [0, 0.1) is 5.82 Å². The van der Waals surface area contributed by atoms with Gasteiger partial charge in [-0.15, -0.1) is 0 Å². The van der Waals surface area contributed by atoms with E-state index in [2.05, 4.69) is 0 Å². The van der Waals surface area contributed by atoms with Crippen LogP contribution < -0.4 is 4.90 Å². The summed E-state index contributed by atoms with van der Waals surface area (Å²) in [7, 11) is 0. The second-order valence-electron chi connectivity index (χ2n) is 3.80. The maximum atomic E-state index is 13.0. The minimum Gasteiger partial charge on any atom is -0.305 e. The molecule has 0 bridgehead atoms. The fraction of sp³-hybridized carbons (Fsp3) is 0.333. The number of hydrogen-bond donors (Lipinski definition) is 0. The summed E-state index contributed by atoms with van der Waals surface area (Å²) in [5.74, 6) is -1.64. The molecule has 0 N–H and O–H groups in total. The largest absolute Gasteiger partial charge is 0.305 e. The van der Waals surface area contributed by atoms with Crippen LogP contribution in [-0.4, -0.2) is 18.2 Å². The zero-order valence-electron chi connectivity index (χ0n) is 9.00. The summed E-state index contributed by atoms with van der Waals surface area (Å²) in [5.41, 5.74) is 0.714. The molecule has 0 atom stereocenters. The van der Waals surface area contributed by atoms with Crippen molar-refractivity contribution in [3.8, 4) is 0 Å². The number of amides is 1. The molecule has 1 amide bonds. The lowest BCUT2D eigenvalue weighted by atomic mass is 10.1. The third kappa shape index (κ3) is 1.60. The van der Waals surface area contributed by atoms with Gasteiger partial charge >= 0.3 is 0 Å². The first-order valence-corrected chi connectivity index (χ1v) is 5.31. The summed E-state index contributed by atoms with van der Waals surface area (Å²) in [5, 5.41) is 0. The summed E-state index contributed by atoms with van der Waals surface area (Å²) in [6, 6.07) is 3.88. The highest BCUT2D eigenvalue weighted by Crippen LogP contribution is 2.29. The third-order valence-electron chi connectivity index (χ3n) is 2.67. The molecule has 4 heteroatoms. The van der Waals surface area contributed by atoms with Crippen molar-refractivity contribution in [1.82, 2.24) is 0 Å². The van der Waals surface area contributed by atoms with Crippen molar-refractivity contribution < 1.29 is 14.0 Å².